The second-order valence-electron chi connectivity index (χ2n) is 5.39. The van der Waals surface area contributed by atoms with Gasteiger partial charge in [0.1, 0.15) is 5.54 Å². The number of nitrogens with zero attached hydrogens (tertiary/aromatic N) is 2. The molecule has 0 N–H and O–H groups in total. The maximum atomic E-state index is 9.01. The monoisotopic (exact) mass is 208 g/mol. The van der Waals surface area contributed by atoms with Crippen molar-refractivity contribution in [2.75, 3.05) is 13.6 Å². The van der Waals surface area contributed by atoms with Gasteiger partial charge >= 0.3 is 0 Å². The van der Waals surface area contributed by atoms with Crippen molar-refractivity contribution in [2.24, 2.45) is 5.92 Å². The molecule has 0 atom stereocenters. The van der Waals surface area contributed by atoms with Gasteiger partial charge in [0.15, 0.2) is 0 Å². The van der Waals surface area contributed by atoms with Crippen LogP contribution < -0.4 is 0 Å². The fraction of sp³-hybridized carbons (Fsp3) is 0.923. The van der Waals surface area contributed by atoms with Gasteiger partial charge in [-0.2, -0.15) is 5.26 Å². The lowest BCUT2D eigenvalue weighted by Crippen LogP contribution is -2.40. The van der Waals surface area contributed by atoms with E-state index in [4.69, 9.17) is 5.26 Å². The Bertz CT molecular complexity index is 221. The number of hydrogen-bond donors (Lipinski definition) is 0. The number of rotatable bonds is 4. The summed E-state index contributed by atoms with van der Waals surface area (Å²) in [4.78, 5) is 2.18. The van der Waals surface area contributed by atoms with Crippen LogP contribution in [-0.2, 0) is 0 Å². The van der Waals surface area contributed by atoms with Crippen molar-refractivity contribution in [1.82, 2.24) is 4.90 Å². The Labute approximate surface area is 94.3 Å². The molecule has 0 amide bonds. The lowest BCUT2D eigenvalue weighted by atomic mass is 9.86. The van der Waals surface area contributed by atoms with E-state index in [0.717, 1.165) is 12.5 Å². The largest absolute Gasteiger partial charge is 0.289 e. The van der Waals surface area contributed by atoms with Crippen LogP contribution in [-0.4, -0.2) is 24.0 Å². The minimum Gasteiger partial charge on any atom is -0.289 e. The van der Waals surface area contributed by atoms with Crippen molar-refractivity contribution in [3.05, 3.63) is 0 Å². The summed E-state index contributed by atoms with van der Waals surface area (Å²) in [5.41, 5.74) is -0.311. The molecule has 0 unspecified atom stereocenters. The summed E-state index contributed by atoms with van der Waals surface area (Å²) in [6.45, 7) is 5.05. The summed E-state index contributed by atoms with van der Waals surface area (Å²) in [6.07, 6.45) is 8.32. The Morgan fingerprint density at radius 3 is 2.40 bits per heavy atom. The molecule has 1 saturated carbocycles. The number of nitriles is 1. The second kappa shape index (κ2) is 5.51. The van der Waals surface area contributed by atoms with E-state index in [1.54, 1.807) is 0 Å². The topological polar surface area (TPSA) is 27.0 Å². The second-order valence-corrected chi connectivity index (χ2v) is 5.39. The van der Waals surface area contributed by atoms with Crippen LogP contribution in [0.4, 0.5) is 0 Å². The highest BCUT2D eigenvalue weighted by atomic mass is 15.2. The summed E-state index contributed by atoms with van der Waals surface area (Å²) >= 11 is 0. The normalized spacial score (nSPS) is 19.1. The Kier molecular flexibility index (Phi) is 4.60. The van der Waals surface area contributed by atoms with E-state index in [0.29, 0.717) is 0 Å². The molecule has 86 valence electrons. The van der Waals surface area contributed by atoms with Crippen molar-refractivity contribution in [3.63, 3.8) is 0 Å². The fourth-order valence-corrected chi connectivity index (χ4v) is 2.22. The van der Waals surface area contributed by atoms with Gasteiger partial charge < -0.3 is 0 Å². The highest BCUT2D eigenvalue weighted by molar-refractivity contribution is 5.00. The maximum Gasteiger partial charge on any atom is 0.103 e. The molecule has 2 heteroatoms. The average molecular weight is 208 g/mol. The molecule has 15 heavy (non-hydrogen) atoms. The first-order chi connectivity index (χ1) is 7.06. The highest BCUT2D eigenvalue weighted by Gasteiger charge is 2.23. The summed E-state index contributed by atoms with van der Waals surface area (Å²) < 4.78 is 0. The summed E-state index contributed by atoms with van der Waals surface area (Å²) in [6, 6.07) is 2.35. The van der Waals surface area contributed by atoms with Crippen molar-refractivity contribution < 1.29 is 0 Å². The first kappa shape index (κ1) is 12.5. The van der Waals surface area contributed by atoms with Crippen LogP contribution >= 0.6 is 0 Å². The molecule has 0 heterocycles. The molecule has 1 aliphatic rings. The van der Waals surface area contributed by atoms with E-state index in [-0.39, 0.29) is 5.54 Å². The standard InChI is InChI=1S/C13H24N2/c1-13(2,11-14)15(3)10-9-12-7-5-4-6-8-12/h12H,4-10H2,1-3H3. The van der Waals surface area contributed by atoms with Gasteiger partial charge in [0.25, 0.3) is 0 Å². The molecule has 2 nitrogen and oxygen atoms in total. The van der Waals surface area contributed by atoms with Crippen LogP contribution in [0.2, 0.25) is 0 Å². The molecule has 0 radical (unpaired) electrons. The van der Waals surface area contributed by atoms with Gasteiger partial charge in [0, 0.05) is 0 Å². The van der Waals surface area contributed by atoms with E-state index in [9.17, 15) is 0 Å². The predicted octanol–water partition coefficient (Wildman–Crippen LogP) is 3.19. The molecule has 0 spiro atoms. The maximum absolute atomic E-state index is 9.01. The lowest BCUT2D eigenvalue weighted by Gasteiger charge is -2.31. The molecular weight excluding hydrogens is 184 g/mol. The molecule has 1 fully saturated rings. The molecule has 1 aliphatic carbocycles. The Morgan fingerprint density at radius 2 is 1.87 bits per heavy atom. The SMILES string of the molecule is CN(CCC1CCCCC1)C(C)(C)C#N. The van der Waals surface area contributed by atoms with Gasteiger partial charge in [-0.3, -0.25) is 4.90 Å². The van der Waals surface area contributed by atoms with Crippen molar-refractivity contribution in [1.29, 1.82) is 5.26 Å². The number of hydrogen-bond acceptors (Lipinski definition) is 2. The zero-order chi connectivity index (χ0) is 11.3. The lowest BCUT2D eigenvalue weighted by molar-refractivity contribution is 0.186. The predicted molar refractivity (Wildman–Crippen MR) is 63.5 cm³/mol. The van der Waals surface area contributed by atoms with Crippen LogP contribution in [0, 0.1) is 17.2 Å². The van der Waals surface area contributed by atoms with Gasteiger partial charge in [-0.25, -0.2) is 0 Å². The molecule has 0 bridgehead atoms. The van der Waals surface area contributed by atoms with Crippen molar-refractivity contribution >= 4 is 0 Å². The van der Waals surface area contributed by atoms with Gasteiger partial charge in [0.2, 0.25) is 0 Å². The van der Waals surface area contributed by atoms with E-state index < -0.39 is 0 Å². The quantitative estimate of drug-likeness (QED) is 0.709. The van der Waals surface area contributed by atoms with Crippen LogP contribution in [0.1, 0.15) is 52.4 Å². The van der Waals surface area contributed by atoms with Crippen LogP contribution in [0.25, 0.3) is 0 Å². The van der Waals surface area contributed by atoms with E-state index >= 15 is 0 Å². The molecule has 0 aliphatic heterocycles. The summed E-state index contributed by atoms with van der Waals surface area (Å²) in [5, 5.41) is 9.01. The summed E-state index contributed by atoms with van der Waals surface area (Å²) in [7, 11) is 2.06. The van der Waals surface area contributed by atoms with Crippen LogP contribution in [0.5, 0.6) is 0 Å². The van der Waals surface area contributed by atoms with Crippen molar-refractivity contribution in [3.8, 4) is 6.07 Å². The third-order valence-electron chi connectivity index (χ3n) is 3.83. The van der Waals surface area contributed by atoms with Gasteiger partial charge in [0.05, 0.1) is 6.07 Å². The van der Waals surface area contributed by atoms with E-state index in [1.165, 1.54) is 38.5 Å². The zero-order valence-corrected chi connectivity index (χ0v) is 10.4. The molecular formula is C13H24N2. The van der Waals surface area contributed by atoms with Crippen LogP contribution in [0.15, 0.2) is 0 Å². The molecule has 1 rings (SSSR count). The third-order valence-corrected chi connectivity index (χ3v) is 3.83. The Hall–Kier alpha value is -0.550. The molecule has 0 saturated heterocycles. The molecule has 0 aromatic rings. The van der Waals surface area contributed by atoms with Crippen molar-refractivity contribution in [2.45, 2.75) is 57.9 Å². The van der Waals surface area contributed by atoms with E-state index in [2.05, 4.69) is 18.0 Å². The fourth-order valence-electron chi connectivity index (χ4n) is 2.22. The van der Waals surface area contributed by atoms with E-state index in [1.807, 2.05) is 13.8 Å². The summed E-state index contributed by atoms with van der Waals surface area (Å²) in [5.74, 6) is 0.913. The zero-order valence-electron chi connectivity index (χ0n) is 10.4. The molecule has 0 aromatic heterocycles. The Balaban J connectivity index is 2.27. The smallest absolute Gasteiger partial charge is 0.103 e. The minimum absolute atomic E-state index is 0.311. The van der Waals surface area contributed by atoms with Crippen LogP contribution in [0.3, 0.4) is 0 Å². The Morgan fingerprint density at radius 1 is 1.27 bits per heavy atom. The minimum atomic E-state index is -0.311. The van der Waals surface area contributed by atoms with Gasteiger partial charge in [-0.15, -0.1) is 0 Å². The van der Waals surface area contributed by atoms with Gasteiger partial charge in [-0.1, -0.05) is 32.1 Å². The molecule has 0 aromatic carbocycles. The first-order valence-corrected chi connectivity index (χ1v) is 6.19. The first-order valence-electron chi connectivity index (χ1n) is 6.19. The average Bonchev–Trinajstić information content (AvgIpc) is 2.27. The highest BCUT2D eigenvalue weighted by Crippen LogP contribution is 2.27. The van der Waals surface area contributed by atoms with Gasteiger partial charge in [-0.05, 0) is 39.8 Å². The third kappa shape index (κ3) is 3.83.